The summed E-state index contributed by atoms with van der Waals surface area (Å²) in [5.41, 5.74) is 0.860. The van der Waals surface area contributed by atoms with Crippen LogP contribution in [0.3, 0.4) is 0 Å². The highest BCUT2D eigenvalue weighted by molar-refractivity contribution is 5.09. The fourth-order valence-electron chi connectivity index (χ4n) is 8.07. The zero-order chi connectivity index (χ0) is 16.4. The van der Waals surface area contributed by atoms with Gasteiger partial charge in [-0.05, 0) is 105 Å². The molecule has 4 saturated carbocycles. The molecule has 4 aliphatic carbocycles. The molecule has 0 amide bonds. The Morgan fingerprint density at radius 2 is 1.57 bits per heavy atom. The molecule has 0 bridgehead atoms. The van der Waals surface area contributed by atoms with Gasteiger partial charge in [-0.25, -0.2) is 0 Å². The summed E-state index contributed by atoms with van der Waals surface area (Å²) >= 11 is 0. The second-order valence-electron chi connectivity index (χ2n) is 10.1. The Bertz CT molecular complexity index is 461. The first kappa shape index (κ1) is 16.4. The van der Waals surface area contributed by atoms with Crippen molar-refractivity contribution in [2.75, 3.05) is 0 Å². The monoisotopic (exact) mass is 320 g/mol. The van der Waals surface area contributed by atoms with Crippen LogP contribution in [0.2, 0.25) is 0 Å². The lowest BCUT2D eigenvalue weighted by molar-refractivity contribution is -0.132. The quantitative estimate of drug-likeness (QED) is 0.752. The van der Waals surface area contributed by atoms with E-state index in [1.807, 2.05) is 6.92 Å². The molecule has 132 valence electrons. The summed E-state index contributed by atoms with van der Waals surface area (Å²) < 4.78 is 0. The topological polar surface area (TPSA) is 40.5 Å². The van der Waals surface area contributed by atoms with E-state index >= 15 is 0 Å². The molecule has 0 aliphatic heterocycles. The third kappa shape index (κ3) is 2.27. The maximum atomic E-state index is 10.3. The number of hydrogen-bond donors (Lipinski definition) is 2. The second kappa shape index (κ2) is 5.46. The van der Waals surface area contributed by atoms with Crippen molar-refractivity contribution in [3.05, 3.63) is 0 Å². The fraction of sp³-hybridized carbons (Fsp3) is 1.00. The van der Waals surface area contributed by atoms with Crippen molar-refractivity contribution in [2.24, 2.45) is 40.4 Å². The average Bonchev–Trinajstić information content (AvgIpc) is 2.85. The lowest BCUT2D eigenvalue weighted by Gasteiger charge is -2.61. The number of hydrogen-bond acceptors (Lipinski definition) is 2. The number of aliphatic hydroxyl groups excluding tert-OH is 2. The lowest BCUT2D eigenvalue weighted by atomic mass is 9.44. The summed E-state index contributed by atoms with van der Waals surface area (Å²) in [6, 6.07) is 0. The van der Waals surface area contributed by atoms with Crippen LogP contribution in [0.25, 0.3) is 0 Å². The summed E-state index contributed by atoms with van der Waals surface area (Å²) in [5, 5.41) is 20.4. The van der Waals surface area contributed by atoms with Gasteiger partial charge in [0.15, 0.2) is 0 Å². The summed E-state index contributed by atoms with van der Waals surface area (Å²) in [7, 11) is 0. The van der Waals surface area contributed by atoms with Gasteiger partial charge in [-0.15, -0.1) is 0 Å². The van der Waals surface area contributed by atoms with Gasteiger partial charge in [-0.2, -0.15) is 0 Å². The minimum Gasteiger partial charge on any atom is -0.393 e. The molecular weight excluding hydrogens is 284 g/mol. The van der Waals surface area contributed by atoms with Gasteiger partial charge in [0.1, 0.15) is 0 Å². The highest BCUT2D eigenvalue weighted by Crippen LogP contribution is 2.67. The molecule has 0 heterocycles. The van der Waals surface area contributed by atoms with Gasteiger partial charge in [0.2, 0.25) is 0 Å². The van der Waals surface area contributed by atoms with E-state index in [0.29, 0.717) is 16.7 Å². The van der Waals surface area contributed by atoms with Gasteiger partial charge in [0, 0.05) is 0 Å². The zero-order valence-corrected chi connectivity index (χ0v) is 15.3. The van der Waals surface area contributed by atoms with Crippen LogP contribution in [0.4, 0.5) is 0 Å². The van der Waals surface area contributed by atoms with Crippen LogP contribution in [0.15, 0.2) is 0 Å². The third-order valence-electron chi connectivity index (χ3n) is 9.29. The van der Waals surface area contributed by atoms with E-state index in [1.165, 1.54) is 44.9 Å². The number of rotatable bonds is 1. The molecule has 2 heteroatoms. The van der Waals surface area contributed by atoms with Gasteiger partial charge in [-0.1, -0.05) is 13.8 Å². The van der Waals surface area contributed by atoms with Crippen molar-refractivity contribution >= 4 is 0 Å². The Labute approximate surface area is 142 Å². The standard InChI is InChI=1S/C21H36O2/c1-13(22)17-6-7-18-16-5-4-14-12-15(23)8-10-20(14,2)19(16)9-11-21(17,18)3/h13-19,22-23H,4-12H2,1-3H3/t13?,14-,15+,16?,17?,18?,19?,20?,21?/m0/s1. The first-order chi connectivity index (χ1) is 10.9. The maximum absolute atomic E-state index is 10.3. The Kier molecular flexibility index (Phi) is 3.89. The van der Waals surface area contributed by atoms with Crippen LogP contribution >= 0.6 is 0 Å². The fourth-order valence-corrected chi connectivity index (χ4v) is 8.07. The first-order valence-electron chi connectivity index (χ1n) is 10.2. The van der Waals surface area contributed by atoms with Gasteiger partial charge in [-0.3, -0.25) is 0 Å². The molecule has 7 unspecified atom stereocenters. The minimum atomic E-state index is -0.140. The van der Waals surface area contributed by atoms with E-state index < -0.39 is 0 Å². The Balaban J connectivity index is 1.60. The molecule has 0 spiro atoms. The van der Waals surface area contributed by atoms with Gasteiger partial charge < -0.3 is 10.2 Å². The average molecular weight is 321 g/mol. The van der Waals surface area contributed by atoms with Gasteiger partial charge in [0.05, 0.1) is 12.2 Å². The predicted molar refractivity (Wildman–Crippen MR) is 92.9 cm³/mol. The highest BCUT2D eigenvalue weighted by atomic mass is 16.3. The Hall–Kier alpha value is -0.0800. The first-order valence-corrected chi connectivity index (χ1v) is 10.2. The second-order valence-corrected chi connectivity index (χ2v) is 10.1. The summed E-state index contributed by atoms with van der Waals surface area (Å²) in [6.07, 6.45) is 11.1. The molecule has 2 nitrogen and oxygen atoms in total. The predicted octanol–water partition coefficient (Wildman–Crippen LogP) is 4.39. The number of aliphatic hydroxyl groups is 2. The molecule has 23 heavy (non-hydrogen) atoms. The van der Waals surface area contributed by atoms with E-state index in [9.17, 15) is 10.2 Å². The van der Waals surface area contributed by atoms with Crippen molar-refractivity contribution in [3.63, 3.8) is 0 Å². The van der Waals surface area contributed by atoms with Crippen LogP contribution in [-0.2, 0) is 0 Å². The van der Waals surface area contributed by atoms with Crippen molar-refractivity contribution in [3.8, 4) is 0 Å². The molecule has 4 fully saturated rings. The van der Waals surface area contributed by atoms with Crippen molar-refractivity contribution in [1.29, 1.82) is 0 Å². The molecule has 4 rings (SSSR count). The van der Waals surface area contributed by atoms with E-state index in [4.69, 9.17) is 0 Å². The molecule has 0 aromatic heterocycles. The minimum absolute atomic E-state index is 0.0374. The van der Waals surface area contributed by atoms with E-state index in [1.54, 1.807) is 0 Å². The molecule has 0 aromatic carbocycles. The van der Waals surface area contributed by atoms with Crippen LogP contribution in [0.1, 0.15) is 78.6 Å². The van der Waals surface area contributed by atoms with E-state index in [-0.39, 0.29) is 12.2 Å². The molecule has 9 atom stereocenters. The van der Waals surface area contributed by atoms with Gasteiger partial charge >= 0.3 is 0 Å². The SMILES string of the molecule is CC(O)C1CCC2C3CC[C@H]4C[C@H](O)CCC4(C)C3CCC12C. The molecule has 0 saturated heterocycles. The van der Waals surface area contributed by atoms with Crippen LogP contribution in [0.5, 0.6) is 0 Å². The smallest absolute Gasteiger partial charge is 0.0545 e. The molecule has 0 aromatic rings. The van der Waals surface area contributed by atoms with Crippen LogP contribution < -0.4 is 0 Å². The summed E-state index contributed by atoms with van der Waals surface area (Å²) in [5.74, 6) is 3.87. The largest absolute Gasteiger partial charge is 0.393 e. The van der Waals surface area contributed by atoms with Crippen molar-refractivity contribution in [1.82, 2.24) is 0 Å². The normalized spacial score (nSPS) is 57.3. The molecule has 4 aliphatic rings. The molecule has 2 N–H and O–H groups in total. The zero-order valence-electron chi connectivity index (χ0n) is 15.3. The lowest BCUT2D eigenvalue weighted by Crippen LogP contribution is -2.54. The Morgan fingerprint density at radius 1 is 0.870 bits per heavy atom. The van der Waals surface area contributed by atoms with Crippen LogP contribution in [0, 0.1) is 40.4 Å². The number of fused-ring (bicyclic) bond motifs is 5. The highest BCUT2D eigenvalue weighted by Gasteiger charge is 2.60. The molecule has 0 radical (unpaired) electrons. The van der Waals surface area contributed by atoms with Gasteiger partial charge in [0.25, 0.3) is 0 Å². The molecular formula is C21H36O2. The maximum Gasteiger partial charge on any atom is 0.0545 e. The van der Waals surface area contributed by atoms with Crippen molar-refractivity contribution in [2.45, 2.75) is 90.8 Å². The summed E-state index contributed by atoms with van der Waals surface area (Å²) in [6.45, 7) is 7.08. The van der Waals surface area contributed by atoms with Crippen molar-refractivity contribution < 1.29 is 10.2 Å². The van der Waals surface area contributed by atoms with E-state index in [0.717, 1.165) is 36.5 Å². The van der Waals surface area contributed by atoms with E-state index in [2.05, 4.69) is 13.8 Å². The summed E-state index contributed by atoms with van der Waals surface area (Å²) in [4.78, 5) is 0. The van der Waals surface area contributed by atoms with Crippen LogP contribution in [-0.4, -0.2) is 22.4 Å². The Morgan fingerprint density at radius 3 is 2.30 bits per heavy atom. The third-order valence-corrected chi connectivity index (χ3v) is 9.29.